The number of aromatic nitrogens is 2. The number of ether oxygens (including phenoxy) is 1. The van der Waals surface area contributed by atoms with E-state index in [2.05, 4.69) is 15.3 Å². The first-order valence-corrected chi connectivity index (χ1v) is 10.9. The number of thioether (sulfide) groups is 1. The van der Waals surface area contributed by atoms with Crippen molar-refractivity contribution < 1.29 is 9.53 Å². The van der Waals surface area contributed by atoms with Crippen LogP contribution in [0.3, 0.4) is 0 Å². The number of rotatable bonds is 8. The highest BCUT2D eigenvalue weighted by Gasteiger charge is 2.32. The van der Waals surface area contributed by atoms with Gasteiger partial charge in [-0.15, -0.1) is 0 Å². The van der Waals surface area contributed by atoms with Crippen molar-refractivity contribution in [3.05, 3.63) is 59.4 Å². The Morgan fingerprint density at radius 1 is 1.25 bits per heavy atom. The van der Waals surface area contributed by atoms with Crippen molar-refractivity contribution in [3.8, 4) is 5.75 Å². The molecule has 0 fully saturated rings. The minimum Gasteiger partial charge on any atom is -0.478 e. The molecule has 3 rings (SSSR count). The average molecular weight is 418 g/mol. The number of carbonyl (C=O) groups excluding carboxylic acids is 1. The van der Waals surface area contributed by atoms with Crippen LogP contribution in [0.4, 0.5) is 0 Å². The van der Waals surface area contributed by atoms with Crippen LogP contribution >= 0.6 is 23.4 Å². The van der Waals surface area contributed by atoms with Crippen molar-refractivity contribution in [2.45, 2.75) is 31.9 Å². The lowest BCUT2D eigenvalue weighted by molar-refractivity contribution is -0.135. The molecule has 3 aromatic rings. The van der Waals surface area contributed by atoms with E-state index in [1.807, 2.05) is 30.5 Å². The van der Waals surface area contributed by atoms with Gasteiger partial charge >= 0.3 is 0 Å². The molecule has 0 bridgehead atoms. The van der Waals surface area contributed by atoms with E-state index in [9.17, 15) is 4.79 Å². The summed E-state index contributed by atoms with van der Waals surface area (Å²) in [6.07, 6.45) is 2.81. The number of carbonyl (C=O) groups is 1. The van der Waals surface area contributed by atoms with Crippen LogP contribution in [0.25, 0.3) is 11.0 Å². The number of amides is 1. The lowest BCUT2D eigenvalue weighted by atomic mass is 10.1. The van der Waals surface area contributed by atoms with Crippen molar-refractivity contribution in [1.29, 1.82) is 0 Å². The second-order valence-electron chi connectivity index (χ2n) is 7.01. The Kier molecular flexibility index (Phi) is 6.52. The Bertz CT molecular complexity index is 907. The van der Waals surface area contributed by atoms with Gasteiger partial charge in [-0.2, -0.15) is 11.8 Å². The van der Waals surface area contributed by atoms with E-state index in [1.165, 1.54) is 0 Å². The molecule has 1 atom stereocenters. The quantitative estimate of drug-likeness (QED) is 0.542. The molecule has 0 spiro atoms. The number of H-pyrrole nitrogens is 1. The molecule has 1 aromatic heterocycles. The number of aromatic amines is 1. The normalized spacial score (nSPS) is 12.7. The standard InChI is InChI=1S/C21H24ClN3O2S/c1-21(2,27-15-10-8-14(22)9-11-15)20(26)25-18(12-13-28-3)19-23-16-6-4-5-7-17(16)24-19/h4-11,18H,12-13H2,1-3H3,(H,23,24)(H,25,26)/t18-/m0/s1. The van der Waals surface area contributed by atoms with E-state index in [-0.39, 0.29) is 11.9 Å². The molecule has 0 aliphatic rings. The highest BCUT2D eigenvalue weighted by molar-refractivity contribution is 7.98. The molecule has 1 amide bonds. The van der Waals surface area contributed by atoms with Gasteiger partial charge in [0, 0.05) is 5.02 Å². The molecule has 28 heavy (non-hydrogen) atoms. The maximum absolute atomic E-state index is 13.0. The Morgan fingerprint density at radius 3 is 2.64 bits per heavy atom. The first-order valence-electron chi connectivity index (χ1n) is 9.08. The van der Waals surface area contributed by atoms with Gasteiger partial charge in [0.15, 0.2) is 5.60 Å². The van der Waals surface area contributed by atoms with Crippen molar-refractivity contribution in [2.24, 2.45) is 0 Å². The number of hydrogen-bond donors (Lipinski definition) is 2. The van der Waals surface area contributed by atoms with Crippen LogP contribution in [-0.4, -0.2) is 33.5 Å². The molecular weight excluding hydrogens is 394 g/mol. The van der Waals surface area contributed by atoms with E-state index in [1.54, 1.807) is 49.9 Å². The summed E-state index contributed by atoms with van der Waals surface area (Å²) in [5, 5.41) is 3.73. The average Bonchev–Trinajstić information content (AvgIpc) is 3.10. The van der Waals surface area contributed by atoms with E-state index in [0.29, 0.717) is 10.8 Å². The molecule has 2 N–H and O–H groups in total. The molecular formula is C21H24ClN3O2S. The molecule has 0 saturated heterocycles. The number of fused-ring (bicyclic) bond motifs is 1. The smallest absolute Gasteiger partial charge is 0.264 e. The highest BCUT2D eigenvalue weighted by Crippen LogP contribution is 2.24. The third-order valence-electron chi connectivity index (χ3n) is 4.39. The predicted molar refractivity (Wildman–Crippen MR) is 116 cm³/mol. The first-order chi connectivity index (χ1) is 13.4. The zero-order valence-corrected chi connectivity index (χ0v) is 17.7. The lowest BCUT2D eigenvalue weighted by Crippen LogP contribution is -2.48. The zero-order chi connectivity index (χ0) is 20.1. The van der Waals surface area contributed by atoms with Crippen LogP contribution in [0.2, 0.25) is 5.02 Å². The van der Waals surface area contributed by atoms with Gasteiger partial charge in [0.2, 0.25) is 0 Å². The van der Waals surface area contributed by atoms with Gasteiger partial charge in [-0.3, -0.25) is 4.79 Å². The van der Waals surface area contributed by atoms with Gasteiger partial charge in [-0.1, -0.05) is 23.7 Å². The second-order valence-corrected chi connectivity index (χ2v) is 8.44. The Balaban J connectivity index is 1.76. The van der Waals surface area contributed by atoms with Crippen molar-refractivity contribution in [2.75, 3.05) is 12.0 Å². The summed E-state index contributed by atoms with van der Waals surface area (Å²) in [5.74, 6) is 2.05. The number of nitrogens with zero attached hydrogens (tertiary/aromatic N) is 1. The first kappa shape index (κ1) is 20.6. The van der Waals surface area contributed by atoms with Gasteiger partial charge in [0.05, 0.1) is 17.1 Å². The molecule has 2 aromatic carbocycles. The fraction of sp³-hybridized carbons (Fsp3) is 0.333. The molecule has 0 aliphatic carbocycles. The summed E-state index contributed by atoms with van der Waals surface area (Å²) in [4.78, 5) is 21.0. The molecule has 0 radical (unpaired) electrons. The fourth-order valence-electron chi connectivity index (χ4n) is 2.83. The number of hydrogen-bond acceptors (Lipinski definition) is 4. The number of nitrogens with one attached hydrogen (secondary N) is 2. The van der Waals surface area contributed by atoms with Gasteiger partial charge in [0.25, 0.3) is 5.91 Å². The molecule has 0 unspecified atom stereocenters. The van der Waals surface area contributed by atoms with Gasteiger partial charge < -0.3 is 15.0 Å². The van der Waals surface area contributed by atoms with Crippen LogP contribution in [-0.2, 0) is 4.79 Å². The summed E-state index contributed by atoms with van der Waals surface area (Å²) in [6.45, 7) is 3.50. The van der Waals surface area contributed by atoms with Crippen LogP contribution in [0.1, 0.15) is 32.1 Å². The Labute approximate surface area is 174 Å². The Hall–Kier alpha value is -2.18. The van der Waals surface area contributed by atoms with E-state index in [4.69, 9.17) is 16.3 Å². The molecule has 0 aliphatic heterocycles. The lowest BCUT2D eigenvalue weighted by Gasteiger charge is -2.28. The van der Waals surface area contributed by atoms with Crippen molar-refractivity contribution in [3.63, 3.8) is 0 Å². The van der Waals surface area contributed by atoms with E-state index < -0.39 is 5.60 Å². The summed E-state index contributed by atoms with van der Waals surface area (Å²) in [6, 6.07) is 14.6. The fourth-order valence-corrected chi connectivity index (χ4v) is 3.42. The predicted octanol–water partition coefficient (Wildman–Crippen LogP) is 4.98. The van der Waals surface area contributed by atoms with E-state index in [0.717, 1.165) is 29.0 Å². The highest BCUT2D eigenvalue weighted by atomic mass is 35.5. The van der Waals surface area contributed by atoms with Gasteiger partial charge in [-0.05, 0) is 68.7 Å². The SMILES string of the molecule is CSCC[C@H](NC(=O)C(C)(C)Oc1ccc(Cl)cc1)c1nc2ccccc2[nH]1. The summed E-state index contributed by atoms with van der Waals surface area (Å²) in [7, 11) is 0. The number of halogens is 1. The Morgan fingerprint density at radius 2 is 1.96 bits per heavy atom. The van der Waals surface area contributed by atoms with Crippen molar-refractivity contribution in [1.82, 2.24) is 15.3 Å². The zero-order valence-electron chi connectivity index (χ0n) is 16.2. The summed E-state index contributed by atoms with van der Waals surface area (Å²) in [5.41, 5.74) is 0.799. The van der Waals surface area contributed by atoms with Crippen LogP contribution < -0.4 is 10.1 Å². The van der Waals surface area contributed by atoms with Gasteiger partial charge in [-0.25, -0.2) is 4.98 Å². The monoisotopic (exact) mass is 417 g/mol. The minimum absolute atomic E-state index is 0.200. The third kappa shape index (κ3) is 5.00. The van der Waals surface area contributed by atoms with E-state index >= 15 is 0 Å². The summed E-state index contributed by atoms with van der Waals surface area (Å²) < 4.78 is 5.91. The third-order valence-corrected chi connectivity index (χ3v) is 5.28. The number of benzene rings is 2. The number of para-hydroxylation sites is 2. The van der Waals surface area contributed by atoms with Crippen LogP contribution in [0.5, 0.6) is 5.75 Å². The second kappa shape index (κ2) is 8.88. The molecule has 0 saturated carbocycles. The van der Waals surface area contributed by atoms with Crippen molar-refractivity contribution >= 4 is 40.3 Å². The molecule has 7 heteroatoms. The topological polar surface area (TPSA) is 67.0 Å². The molecule has 1 heterocycles. The van der Waals surface area contributed by atoms with Gasteiger partial charge in [0.1, 0.15) is 11.6 Å². The molecule has 5 nitrogen and oxygen atoms in total. The maximum atomic E-state index is 13.0. The van der Waals surface area contributed by atoms with Crippen LogP contribution in [0.15, 0.2) is 48.5 Å². The maximum Gasteiger partial charge on any atom is 0.264 e. The largest absolute Gasteiger partial charge is 0.478 e. The minimum atomic E-state index is -1.04. The van der Waals surface area contributed by atoms with Crippen LogP contribution in [0, 0.1) is 0 Å². The summed E-state index contributed by atoms with van der Waals surface area (Å²) >= 11 is 7.65. The number of imidazole rings is 1. The molecule has 148 valence electrons.